The zero-order valence-electron chi connectivity index (χ0n) is 11.4. The summed E-state index contributed by atoms with van der Waals surface area (Å²) in [5, 5.41) is 4.24. The van der Waals surface area contributed by atoms with E-state index in [-0.39, 0.29) is 5.82 Å². The van der Waals surface area contributed by atoms with Crippen LogP contribution in [-0.2, 0) is 6.54 Å². The van der Waals surface area contributed by atoms with E-state index in [9.17, 15) is 4.39 Å². The predicted octanol–water partition coefficient (Wildman–Crippen LogP) is 3.45. The van der Waals surface area contributed by atoms with Crippen LogP contribution in [0.1, 0.15) is 38.1 Å². The molecule has 0 bridgehead atoms. The third-order valence-electron chi connectivity index (χ3n) is 3.32. The van der Waals surface area contributed by atoms with Crippen LogP contribution < -0.4 is 0 Å². The fourth-order valence-electron chi connectivity index (χ4n) is 2.02. The lowest BCUT2D eigenvalue weighted by molar-refractivity contribution is 0.548. The monoisotopic (exact) mass is 260 g/mol. The number of halogens is 1. The first-order valence-electron chi connectivity index (χ1n) is 6.70. The van der Waals surface area contributed by atoms with Crippen molar-refractivity contribution in [3.8, 4) is 0 Å². The average molecular weight is 260 g/mol. The van der Waals surface area contributed by atoms with Gasteiger partial charge in [0.25, 0.3) is 0 Å². The Labute approximate surface area is 113 Å². The van der Waals surface area contributed by atoms with Gasteiger partial charge in [0.2, 0.25) is 0 Å². The van der Waals surface area contributed by atoms with Crippen LogP contribution in [0.15, 0.2) is 30.6 Å². The largest absolute Gasteiger partial charge is 0.245 e. The quantitative estimate of drug-likeness (QED) is 0.796. The van der Waals surface area contributed by atoms with E-state index in [1.165, 1.54) is 12.1 Å². The summed E-state index contributed by atoms with van der Waals surface area (Å²) in [4.78, 5) is 4.29. The van der Waals surface area contributed by atoms with Gasteiger partial charge in [-0.15, -0.1) is 0 Å². The van der Waals surface area contributed by atoms with E-state index in [0.29, 0.717) is 12.5 Å². The van der Waals surface area contributed by atoms with Gasteiger partial charge in [-0.3, -0.25) is 0 Å². The van der Waals surface area contributed by atoms with Crippen molar-refractivity contribution < 1.29 is 4.39 Å². The van der Waals surface area contributed by atoms with Crippen molar-refractivity contribution in [2.45, 2.75) is 33.2 Å². The Morgan fingerprint density at radius 2 is 1.89 bits per heavy atom. The molecule has 0 saturated heterocycles. The molecule has 3 nitrogen and oxygen atoms in total. The van der Waals surface area contributed by atoms with Crippen molar-refractivity contribution in [2.24, 2.45) is 5.92 Å². The minimum absolute atomic E-state index is 0.217. The van der Waals surface area contributed by atoms with Crippen molar-refractivity contribution in [3.05, 3.63) is 54.2 Å². The van der Waals surface area contributed by atoms with Gasteiger partial charge in [-0.25, -0.2) is 14.1 Å². The van der Waals surface area contributed by atoms with Crippen LogP contribution in [0.2, 0.25) is 0 Å². The maximum atomic E-state index is 12.9. The highest BCUT2D eigenvalue weighted by molar-refractivity contribution is 5.17. The fourth-order valence-corrected chi connectivity index (χ4v) is 2.02. The minimum atomic E-state index is -0.217. The lowest BCUT2D eigenvalue weighted by Gasteiger charge is -2.12. The number of rotatable bonds is 6. The lowest BCUT2D eigenvalue weighted by Crippen LogP contribution is -2.10. The summed E-state index contributed by atoms with van der Waals surface area (Å²) in [6.45, 7) is 4.96. The molecule has 0 fully saturated rings. The van der Waals surface area contributed by atoms with Crippen LogP contribution in [-0.4, -0.2) is 14.8 Å². The number of aromatic nitrogens is 3. The Morgan fingerprint density at radius 1 is 1.21 bits per heavy atom. The van der Waals surface area contributed by atoms with E-state index in [2.05, 4.69) is 30.4 Å². The molecule has 0 aliphatic carbocycles. The van der Waals surface area contributed by atoms with Crippen LogP contribution in [0.3, 0.4) is 0 Å². The molecule has 0 spiro atoms. The second-order valence-electron chi connectivity index (χ2n) is 4.65. The normalized spacial score (nSPS) is 11.2. The van der Waals surface area contributed by atoms with Gasteiger partial charge < -0.3 is 0 Å². The van der Waals surface area contributed by atoms with Crippen LogP contribution in [0.4, 0.5) is 4.39 Å². The van der Waals surface area contributed by atoms with Crippen molar-refractivity contribution in [1.29, 1.82) is 0 Å². The van der Waals surface area contributed by atoms with Gasteiger partial charge in [-0.2, -0.15) is 5.10 Å². The van der Waals surface area contributed by atoms with E-state index in [4.69, 9.17) is 0 Å². The summed E-state index contributed by atoms with van der Waals surface area (Å²) in [5.41, 5.74) is 1.02. The van der Waals surface area contributed by atoms with E-state index in [0.717, 1.165) is 24.2 Å². The number of nitrogens with zero attached hydrogens (tertiary/aromatic N) is 3. The Balaban J connectivity index is 2.09. The molecule has 4 heteroatoms. The van der Waals surface area contributed by atoms with Gasteiger partial charge in [-0.1, -0.05) is 38.8 Å². The Kier molecular flexibility index (Phi) is 4.66. The molecule has 2 aromatic rings. The van der Waals surface area contributed by atoms with Crippen molar-refractivity contribution in [2.75, 3.05) is 0 Å². The molecular formula is C15H19FN3. The topological polar surface area (TPSA) is 30.7 Å². The molecule has 0 amide bonds. The lowest BCUT2D eigenvalue weighted by atomic mass is 9.99. The van der Waals surface area contributed by atoms with Crippen molar-refractivity contribution >= 4 is 0 Å². The molecule has 0 aliphatic heterocycles. The molecule has 0 saturated carbocycles. The third-order valence-corrected chi connectivity index (χ3v) is 3.32. The van der Waals surface area contributed by atoms with E-state index < -0.39 is 0 Å². The van der Waals surface area contributed by atoms with Crippen LogP contribution in [0.5, 0.6) is 0 Å². The molecule has 2 rings (SSSR count). The number of hydrogen-bond acceptors (Lipinski definition) is 2. The molecule has 1 aromatic heterocycles. The molecule has 101 valence electrons. The van der Waals surface area contributed by atoms with E-state index >= 15 is 0 Å². The van der Waals surface area contributed by atoms with Gasteiger partial charge in [0.15, 0.2) is 0 Å². The second-order valence-corrected chi connectivity index (χ2v) is 4.65. The highest BCUT2D eigenvalue weighted by Crippen LogP contribution is 2.16. The van der Waals surface area contributed by atoms with E-state index in [1.807, 2.05) is 4.68 Å². The van der Waals surface area contributed by atoms with Gasteiger partial charge >= 0.3 is 0 Å². The zero-order chi connectivity index (χ0) is 13.7. The Hall–Kier alpha value is -1.71. The summed E-state index contributed by atoms with van der Waals surface area (Å²) in [6, 6.07) is 6.49. The van der Waals surface area contributed by atoms with Crippen molar-refractivity contribution in [1.82, 2.24) is 14.8 Å². The smallest absolute Gasteiger partial charge is 0.138 e. The summed E-state index contributed by atoms with van der Waals surface area (Å²) < 4.78 is 14.7. The maximum Gasteiger partial charge on any atom is 0.138 e. The van der Waals surface area contributed by atoms with Crippen LogP contribution >= 0.6 is 0 Å². The third kappa shape index (κ3) is 3.63. The summed E-state index contributed by atoms with van der Waals surface area (Å²) in [7, 11) is 0. The maximum absolute atomic E-state index is 12.9. The first-order valence-corrected chi connectivity index (χ1v) is 6.70. The predicted molar refractivity (Wildman–Crippen MR) is 73.0 cm³/mol. The highest BCUT2D eigenvalue weighted by atomic mass is 19.1. The fraction of sp³-hybridized carbons (Fsp3) is 0.400. The molecule has 1 aromatic carbocycles. The SMILES string of the molecule is CCC([CH]c1ncnn1Cc1ccc(F)cc1)CC. The molecule has 1 radical (unpaired) electrons. The first kappa shape index (κ1) is 13.7. The average Bonchev–Trinajstić information content (AvgIpc) is 2.86. The Morgan fingerprint density at radius 3 is 2.53 bits per heavy atom. The minimum Gasteiger partial charge on any atom is -0.245 e. The van der Waals surface area contributed by atoms with Crippen molar-refractivity contribution in [3.63, 3.8) is 0 Å². The highest BCUT2D eigenvalue weighted by Gasteiger charge is 2.11. The number of benzene rings is 1. The standard InChI is InChI=1S/C15H19FN3/c1-3-12(4-2)9-15-17-11-18-19(15)10-13-5-7-14(16)8-6-13/h5-9,11-12H,3-4,10H2,1-2H3. The molecule has 19 heavy (non-hydrogen) atoms. The van der Waals surface area contributed by atoms with Gasteiger partial charge in [0.1, 0.15) is 18.0 Å². The second kappa shape index (κ2) is 6.45. The summed E-state index contributed by atoms with van der Waals surface area (Å²) in [6.07, 6.45) is 5.92. The zero-order valence-corrected chi connectivity index (χ0v) is 11.4. The summed E-state index contributed by atoms with van der Waals surface area (Å²) >= 11 is 0. The summed E-state index contributed by atoms with van der Waals surface area (Å²) in [5.74, 6) is 1.19. The number of hydrogen-bond donors (Lipinski definition) is 0. The first-order chi connectivity index (χ1) is 9.22. The van der Waals surface area contributed by atoms with Gasteiger partial charge in [-0.05, 0) is 23.6 Å². The molecule has 0 unspecified atom stereocenters. The van der Waals surface area contributed by atoms with E-state index in [1.54, 1.807) is 18.5 Å². The van der Waals surface area contributed by atoms with Crippen LogP contribution in [0.25, 0.3) is 0 Å². The van der Waals surface area contributed by atoms with Gasteiger partial charge in [0, 0.05) is 6.42 Å². The van der Waals surface area contributed by atoms with Crippen LogP contribution in [0, 0.1) is 18.2 Å². The Bertz CT molecular complexity index is 500. The molecular weight excluding hydrogens is 241 g/mol. The molecule has 0 aliphatic rings. The molecule has 0 N–H and O–H groups in total. The molecule has 0 atom stereocenters. The molecule has 1 heterocycles. The van der Waals surface area contributed by atoms with Gasteiger partial charge in [0.05, 0.1) is 6.54 Å².